The van der Waals surface area contributed by atoms with Gasteiger partial charge in [-0.2, -0.15) is 0 Å². The number of ether oxygens (including phenoxy) is 4. The number of carbonyl (C=O) groups is 3. The maximum absolute atomic E-state index is 12.8. The fraction of sp³-hybridized carbons (Fsp3) is 0.707. The minimum atomic E-state index is -1.51. The Morgan fingerprint density at radius 1 is 0.463 bits per heavy atom. The summed E-state index contributed by atoms with van der Waals surface area (Å²) in [5.74, 6) is -2.02. The van der Waals surface area contributed by atoms with Crippen molar-refractivity contribution in [2.45, 2.75) is 219 Å². The molecule has 0 radical (unpaired) electrons. The molecule has 2 unspecified atom stereocenters. The van der Waals surface area contributed by atoms with Crippen molar-refractivity contribution in [3.05, 3.63) is 85.1 Å². The zero-order valence-corrected chi connectivity index (χ0v) is 43.5. The van der Waals surface area contributed by atoms with Gasteiger partial charge in [0.15, 0.2) is 6.10 Å². The van der Waals surface area contributed by atoms with Crippen LogP contribution in [0, 0.1) is 0 Å². The smallest absolute Gasteiger partial charge is 0.361 e. The molecule has 0 heterocycles. The lowest BCUT2D eigenvalue weighted by atomic mass is 10.1. The van der Waals surface area contributed by atoms with Gasteiger partial charge in [0.05, 0.1) is 34.4 Å². The summed E-state index contributed by atoms with van der Waals surface area (Å²) in [6.07, 6.45) is 60.8. The molecule has 67 heavy (non-hydrogen) atoms. The van der Waals surface area contributed by atoms with Crippen LogP contribution in [0.2, 0.25) is 0 Å². The van der Waals surface area contributed by atoms with Gasteiger partial charge in [0.2, 0.25) is 0 Å². The summed E-state index contributed by atoms with van der Waals surface area (Å²) in [7, 11) is 5.95. The SMILES string of the molecule is CC/C=C\C/C=C\C/C=C\C/C=C\C/C=C\C/C=C\C/C=C\CCCCCCCCCCCC(=O)OC(COC(=O)CCCCCCCCCCCCC)COC(OCC[N+](C)(C)C)C(=O)O. The maximum Gasteiger partial charge on any atom is 0.361 e. The van der Waals surface area contributed by atoms with Gasteiger partial charge >= 0.3 is 17.9 Å². The Kier molecular flexibility index (Phi) is 46.3. The van der Waals surface area contributed by atoms with Crippen molar-refractivity contribution in [1.29, 1.82) is 0 Å². The number of nitrogens with zero attached hydrogens (tertiary/aromatic N) is 1. The van der Waals surface area contributed by atoms with E-state index in [-0.39, 0.29) is 32.2 Å². The normalized spacial score (nSPS) is 13.5. The molecule has 0 saturated carbocycles. The molecule has 0 aliphatic carbocycles. The van der Waals surface area contributed by atoms with Crippen LogP contribution in [0.25, 0.3) is 0 Å². The molecule has 9 heteroatoms. The van der Waals surface area contributed by atoms with Gasteiger partial charge in [0.25, 0.3) is 6.29 Å². The Morgan fingerprint density at radius 3 is 1.27 bits per heavy atom. The fourth-order valence-corrected chi connectivity index (χ4v) is 7.05. The van der Waals surface area contributed by atoms with Crippen LogP contribution in [-0.2, 0) is 33.3 Å². The summed E-state index contributed by atoms with van der Waals surface area (Å²) in [6.45, 7) is 4.74. The summed E-state index contributed by atoms with van der Waals surface area (Å²) in [6, 6.07) is 0. The van der Waals surface area contributed by atoms with Crippen LogP contribution >= 0.6 is 0 Å². The Morgan fingerprint density at radius 2 is 0.851 bits per heavy atom. The van der Waals surface area contributed by atoms with Crippen LogP contribution < -0.4 is 0 Å². The first kappa shape index (κ1) is 63.5. The maximum atomic E-state index is 12.8. The minimum Gasteiger partial charge on any atom is -0.477 e. The molecule has 0 bridgehead atoms. The first-order chi connectivity index (χ1) is 32.6. The molecule has 0 aromatic rings. The molecule has 0 spiro atoms. The molecular formula is C58H100NO8+. The lowest BCUT2D eigenvalue weighted by Gasteiger charge is -2.25. The molecule has 0 amide bonds. The largest absolute Gasteiger partial charge is 0.477 e. The van der Waals surface area contributed by atoms with E-state index in [2.05, 4.69) is 98.9 Å². The number of esters is 2. The Balaban J connectivity index is 4.22. The highest BCUT2D eigenvalue weighted by molar-refractivity contribution is 5.71. The van der Waals surface area contributed by atoms with Gasteiger partial charge in [-0.1, -0.05) is 208 Å². The molecule has 0 aromatic heterocycles. The number of aliphatic carboxylic acids is 1. The van der Waals surface area contributed by atoms with Crippen LogP contribution in [0.15, 0.2) is 85.1 Å². The van der Waals surface area contributed by atoms with Gasteiger partial charge in [0.1, 0.15) is 13.2 Å². The average molecular weight is 939 g/mol. The summed E-state index contributed by atoms with van der Waals surface area (Å²) in [5, 5.41) is 9.66. The van der Waals surface area contributed by atoms with E-state index in [1.807, 2.05) is 21.1 Å². The number of rotatable bonds is 48. The third kappa shape index (κ3) is 50.2. The van der Waals surface area contributed by atoms with E-state index in [1.165, 1.54) is 83.5 Å². The molecule has 384 valence electrons. The molecule has 0 fully saturated rings. The third-order valence-corrected chi connectivity index (χ3v) is 11.2. The van der Waals surface area contributed by atoms with E-state index in [0.717, 1.165) is 89.9 Å². The van der Waals surface area contributed by atoms with Crippen LogP contribution in [-0.4, -0.2) is 87.4 Å². The van der Waals surface area contributed by atoms with Crippen molar-refractivity contribution in [2.75, 3.05) is 47.5 Å². The number of quaternary nitrogens is 1. The quantitative estimate of drug-likeness (QED) is 0.0211. The number of hydrogen-bond donors (Lipinski definition) is 1. The second-order valence-electron chi connectivity index (χ2n) is 18.8. The Bertz CT molecular complexity index is 1370. The van der Waals surface area contributed by atoms with Gasteiger partial charge in [-0.3, -0.25) is 9.59 Å². The second-order valence-corrected chi connectivity index (χ2v) is 18.8. The molecule has 0 rings (SSSR count). The first-order valence-electron chi connectivity index (χ1n) is 26.8. The number of likely N-dealkylation sites (N-methyl/N-ethyl adjacent to an activating group) is 1. The summed E-state index contributed by atoms with van der Waals surface area (Å²) < 4.78 is 22.8. The number of unbranched alkanes of at least 4 members (excludes halogenated alkanes) is 19. The zero-order valence-electron chi connectivity index (χ0n) is 43.5. The van der Waals surface area contributed by atoms with Crippen molar-refractivity contribution in [3.8, 4) is 0 Å². The minimum absolute atomic E-state index is 0.184. The molecule has 0 aliphatic heterocycles. The molecule has 0 aliphatic rings. The van der Waals surface area contributed by atoms with E-state index < -0.39 is 24.3 Å². The van der Waals surface area contributed by atoms with Crippen molar-refractivity contribution in [1.82, 2.24) is 0 Å². The van der Waals surface area contributed by atoms with Gasteiger partial charge in [-0.25, -0.2) is 4.79 Å². The number of allylic oxidation sites excluding steroid dienone is 14. The van der Waals surface area contributed by atoms with Crippen LogP contribution in [0.3, 0.4) is 0 Å². The predicted octanol–water partition coefficient (Wildman–Crippen LogP) is 15.2. The van der Waals surface area contributed by atoms with Gasteiger partial charge in [-0.05, 0) is 70.6 Å². The topological polar surface area (TPSA) is 108 Å². The fourth-order valence-electron chi connectivity index (χ4n) is 7.05. The Hall–Kier alpha value is -3.53. The standard InChI is InChI=1S/C58H99NO8/c1-6-8-10-12-14-16-18-19-20-21-22-23-24-25-26-27-28-29-30-31-32-33-34-35-36-37-39-41-43-45-47-49-56(61)67-54(53-66-58(57(62)63)64-51-50-59(3,4)5)52-65-55(60)48-46-44-42-40-38-17-15-13-11-9-7-2/h8,10,14,16,19-20,22-23,25-26,28-29,31-32,54,58H,6-7,9,11-13,15,17-18,21,24,27,30,33-53H2,1-5H3/p+1/b10-8-,16-14-,20-19-,23-22-,26-25-,29-28-,32-31-. The second kappa shape index (κ2) is 48.9. The van der Waals surface area contributed by atoms with E-state index >= 15 is 0 Å². The van der Waals surface area contributed by atoms with Gasteiger partial charge in [-0.15, -0.1) is 0 Å². The number of carboxylic acid groups (broad SMARTS) is 1. The third-order valence-electron chi connectivity index (χ3n) is 11.2. The molecule has 1 N–H and O–H groups in total. The molecule has 9 nitrogen and oxygen atoms in total. The highest BCUT2D eigenvalue weighted by Crippen LogP contribution is 2.15. The van der Waals surface area contributed by atoms with Gasteiger partial charge < -0.3 is 28.5 Å². The highest BCUT2D eigenvalue weighted by Gasteiger charge is 2.25. The lowest BCUT2D eigenvalue weighted by molar-refractivity contribution is -0.870. The number of carbonyl (C=O) groups excluding carboxylic acids is 2. The molecule has 2 atom stereocenters. The monoisotopic (exact) mass is 939 g/mol. The van der Waals surface area contributed by atoms with E-state index in [9.17, 15) is 19.5 Å². The molecule has 0 aromatic carbocycles. The molecule has 0 saturated heterocycles. The van der Waals surface area contributed by atoms with E-state index in [1.54, 1.807) is 0 Å². The van der Waals surface area contributed by atoms with Gasteiger partial charge in [0, 0.05) is 12.8 Å². The van der Waals surface area contributed by atoms with Crippen LogP contribution in [0.4, 0.5) is 0 Å². The first-order valence-corrected chi connectivity index (χ1v) is 26.8. The van der Waals surface area contributed by atoms with Crippen molar-refractivity contribution in [2.24, 2.45) is 0 Å². The van der Waals surface area contributed by atoms with Crippen molar-refractivity contribution in [3.63, 3.8) is 0 Å². The van der Waals surface area contributed by atoms with E-state index in [0.29, 0.717) is 23.9 Å². The summed E-state index contributed by atoms with van der Waals surface area (Å²) in [5.41, 5.74) is 0. The van der Waals surface area contributed by atoms with E-state index in [4.69, 9.17) is 18.9 Å². The molecular weight excluding hydrogens is 839 g/mol. The lowest BCUT2D eigenvalue weighted by Crippen LogP contribution is -2.40. The highest BCUT2D eigenvalue weighted by atomic mass is 16.7. The van der Waals surface area contributed by atoms with Crippen molar-refractivity contribution >= 4 is 17.9 Å². The average Bonchev–Trinajstić information content (AvgIpc) is 3.29. The number of hydrogen-bond acceptors (Lipinski definition) is 7. The van der Waals surface area contributed by atoms with Crippen LogP contribution in [0.5, 0.6) is 0 Å². The summed E-state index contributed by atoms with van der Waals surface area (Å²) in [4.78, 5) is 37.2. The summed E-state index contributed by atoms with van der Waals surface area (Å²) >= 11 is 0. The zero-order chi connectivity index (χ0) is 49.2. The Labute approximate surface area is 410 Å². The van der Waals surface area contributed by atoms with Crippen molar-refractivity contribution < 1.29 is 42.9 Å². The predicted molar refractivity (Wildman–Crippen MR) is 281 cm³/mol. The number of carboxylic acids is 1. The van der Waals surface area contributed by atoms with Crippen LogP contribution in [0.1, 0.15) is 206 Å².